The molecule has 0 spiro atoms. The van der Waals surface area contributed by atoms with Gasteiger partial charge in [0.05, 0.1) is 23.4 Å². The zero-order chi connectivity index (χ0) is 27.2. The highest BCUT2D eigenvalue weighted by Crippen LogP contribution is 2.31. The van der Waals surface area contributed by atoms with Gasteiger partial charge in [-0.15, -0.1) is 0 Å². The molecule has 1 aromatic heterocycles. The average molecular weight is 535 g/mol. The van der Waals surface area contributed by atoms with E-state index in [4.69, 9.17) is 21.3 Å². The molecule has 1 heterocycles. The first-order valence-corrected chi connectivity index (χ1v) is 13.9. The summed E-state index contributed by atoms with van der Waals surface area (Å²) in [7, 11) is 0. The van der Waals surface area contributed by atoms with Crippen molar-refractivity contribution in [2.75, 3.05) is 18.5 Å². The van der Waals surface area contributed by atoms with Gasteiger partial charge >= 0.3 is 5.97 Å². The van der Waals surface area contributed by atoms with E-state index in [0.29, 0.717) is 39.0 Å². The topological polar surface area (TPSA) is 71.5 Å². The maximum Gasteiger partial charge on any atom is 0.309 e. The van der Waals surface area contributed by atoms with E-state index in [1.165, 1.54) is 5.56 Å². The third kappa shape index (κ3) is 9.30. The molecule has 0 aliphatic carbocycles. The summed E-state index contributed by atoms with van der Waals surface area (Å²) in [5.74, 6) is -0.713. The van der Waals surface area contributed by atoms with Gasteiger partial charge in [-0.2, -0.15) is 0 Å². The largest absolute Gasteiger partial charge is 0.481 e. The molecule has 0 aliphatic rings. The van der Waals surface area contributed by atoms with Crippen molar-refractivity contribution in [3.8, 4) is 0 Å². The lowest BCUT2D eigenvalue weighted by Gasteiger charge is -2.26. The van der Waals surface area contributed by atoms with E-state index in [9.17, 15) is 9.90 Å². The highest BCUT2D eigenvalue weighted by molar-refractivity contribution is 6.30. The molecule has 2 aromatic carbocycles. The fraction of sp³-hybridized carbons (Fsp3) is 0.375. The molecule has 0 saturated heterocycles. The van der Waals surface area contributed by atoms with Crippen LogP contribution >= 0.6 is 11.6 Å². The Kier molecular flexibility index (Phi) is 11.8. The fourth-order valence-corrected chi connectivity index (χ4v) is 4.55. The van der Waals surface area contributed by atoms with Gasteiger partial charge in [0.2, 0.25) is 0 Å². The third-order valence-corrected chi connectivity index (χ3v) is 7.32. The summed E-state index contributed by atoms with van der Waals surface area (Å²) < 4.78 is 5.85. The van der Waals surface area contributed by atoms with Crippen LogP contribution < -0.4 is 5.32 Å². The number of carbonyl (C=O) groups is 1. The molecule has 2 N–H and O–H groups in total. The van der Waals surface area contributed by atoms with Gasteiger partial charge in [0.25, 0.3) is 0 Å². The molecule has 0 atom stereocenters. The molecule has 3 aromatic rings. The number of pyridine rings is 1. The maximum atomic E-state index is 11.7. The number of aromatic nitrogens is 1. The van der Waals surface area contributed by atoms with E-state index in [0.717, 1.165) is 46.9 Å². The first-order chi connectivity index (χ1) is 18.4. The van der Waals surface area contributed by atoms with E-state index >= 15 is 0 Å². The zero-order valence-corrected chi connectivity index (χ0v) is 23.2. The molecular weight excluding hydrogens is 496 g/mol. The third-order valence-electron chi connectivity index (χ3n) is 7.07. The van der Waals surface area contributed by atoms with E-state index in [1.807, 2.05) is 74.5 Å². The van der Waals surface area contributed by atoms with Crippen LogP contribution in [-0.2, 0) is 22.6 Å². The molecule has 0 bridgehead atoms. The molecule has 5 nitrogen and oxygen atoms in total. The quantitative estimate of drug-likeness (QED) is 0.181. The minimum Gasteiger partial charge on any atom is -0.481 e. The second-order valence-electron chi connectivity index (χ2n) is 9.62. The smallest absolute Gasteiger partial charge is 0.309 e. The monoisotopic (exact) mass is 534 g/mol. The summed E-state index contributed by atoms with van der Waals surface area (Å²) in [6, 6.07) is 22.1. The standard InChI is InChI=1S/C32H39ClN2O3/c1-3-32(4-2,31(36)37)20-21-34-29-12-7-10-26(23-29)16-19-28-11-8-13-30(35-28)24-38-22-6-5-9-25-14-17-27(33)18-15-25/h7-8,10-19,23,34H,3-6,9,20-22,24H2,1-2H3,(H,36,37). The van der Waals surface area contributed by atoms with E-state index in [1.54, 1.807) is 0 Å². The van der Waals surface area contributed by atoms with Crippen molar-refractivity contribution in [2.45, 2.75) is 59.0 Å². The Hall–Kier alpha value is -3.15. The van der Waals surface area contributed by atoms with Crippen LogP contribution in [-0.4, -0.2) is 29.2 Å². The second kappa shape index (κ2) is 15.3. The Morgan fingerprint density at radius 2 is 1.79 bits per heavy atom. The van der Waals surface area contributed by atoms with Crippen LogP contribution in [0.3, 0.4) is 0 Å². The Morgan fingerprint density at radius 3 is 2.53 bits per heavy atom. The number of carboxylic acid groups (broad SMARTS) is 1. The summed E-state index contributed by atoms with van der Waals surface area (Å²) in [4.78, 5) is 16.4. The SMILES string of the molecule is CCC(CC)(CCNc1cccc(C=Cc2cccc(COCCCCc3ccc(Cl)cc3)n2)c1)C(=O)O. The number of nitrogens with one attached hydrogen (secondary N) is 1. The molecule has 0 aliphatic heterocycles. The van der Waals surface area contributed by atoms with Gasteiger partial charge in [-0.25, -0.2) is 0 Å². The first-order valence-electron chi connectivity index (χ1n) is 13.5. The molecule has 0 saturated carbocycles. The number of ether oxygens (including phenoxy) is 1. The van der Waals surface area contributed by atoms with Gasteiger partial charge in [-0.05, 0) is 92.1 Å². The van der Waals surface area contributed by atoms with Gasteiger partial charge in [-0.1, -0.05) is 61.9 Å². The van der Waals surface area contributed by atoms with Crippen LogP contribution in [0.1, 0.15) is 68.5 Å². The number of hydrogen-bond acceptors (Lipinski definition) is 4. The van der Waals surface area contributed by atoms with Crippen molar-refractivity contribution in [3.63, 3.8) is 0 Å². The number of rotatable bonds is 16. The minimum absolute atomic E-state index is 0.495. The van der Waals surface area contributed by atoms with Crippen molar-refractivity contribution < 1.29 is 14.6 Å². The predicted molar refractivity (Wildman–Crippen MR) is 157 cm³/mol. The van der Waals surface area contributed by atoms with Crippen molar-refractivity contribution in [3.05, 3.63) is 94.3 Å². The summed E-state index contributed by atoms with van der Waals surface area (Å²) >= 11 is 5.94. The van der Waals surface area contributed by atoms with E-state index in [-0.39, 0.29) is 0 Å². The highest BCUT2D eigenvalue weighted by Gasteiger charge is 2.34. The molecule has 6 heteroatoms. The number of halogens is 1. The molecule has 38 heavy (non-hydrogen) atoms. The number of anilines is 1. The van der Waals surface area contributed by atoms with Crippen LogP contribution in [0.15, 0.2) is 66.7 Å². The Balaban J connectivity index is 1.44. The lowest BCUT2D eigenvalue weighted by Crippen LogP contribution is -2.31. The average Bonchev–Trinajstić information content (AvgIpc) is 2.93. The number of benzene rings is 2. The Bertz CT molecular complexity index is 1170. The number of nitrogens with zero attached hydrogens (tertiary/aromatic N) is 1. The van der Waals surface area contributed by atoms with Gasteiger partial charge in [0.1, 0.15) is 0 Å². The van der Waals surface area contributed by atoms with Crippen LogP contribution in [0.5, 0.6) is 0 Å². The first kappa shape index (κ1) is 29.4. The van der Waals surface area contributed by atoms with Gasteiger partial charge in [-0.3, -0.25) is 9.78 Å². The second-order valence-corrected chi connectivity index (χ2v) is 10.1. The molecule has 0 fully saturated rings. The number of unbranched alkanes of at least 4 members (excludes halogenated alkanes) is 1. The lowest BCUT2D eigenvalue weighted by atomic mass is 9.79. The molecule has 0 unspecified atom stereocenters. The minimum atomic E-state index is -0.713. The molecule has 0 radical (unpaired) electrons. The Morgan fingerprint density at radius 1 is 1.03 bits per heavy atom. The van der Waals surface area contributed by atoms with Crippen LogP contribution in [0.25, 0.3) is 12.2 Å². The lowest BCUT2D eigenvalue weighted by molar-refractivity contribution is -0.149. The number of aliphatic carboxylic acids is 1. The predicted octanol–water partition coefficient (Wildman–Crippen LogP) is 8.14. The van der Waals surface area contributed by atoms with Crippen LogP contribution in [0.2, 0.25) is 5.02 Å². The van der Waals surface area contributed by atoms with Crippen molar-refractivity contribution >= 4 is 35.4 Å². The Labute approximate surface area is 231 Å². The summed E-state index contributed by atoms with van der Waals surface area (Å²) in [6.45, 7) is 5.71. The van der Waals surface area contributed by atoms with E-state index in [2.05, 4.69) is 23.5 Å². The maximum absolute atomic E-state index is 11.7. The van der Waals surface area contributed by atoms with Crippen molar-refractivity contribution in [1.82, 2.24) is 4.98 Å². The molecule has 202 valence electrons. The van der Waals surface area contributed by atoms with Crippen molar-refractivity contribution in [2.24, 2.45) is 5.41 Å². The number of hydrogen-bond donors (Lipinski definition) is 2. The summed E-state index contributed by atoms with van der Waals surface area (Å²) in [5.41, 5.74) is 4.45. The number of carboxylic acids is 1. The van der Waals surface area contributed by atoms with Gasteiger partial charge < -0.3 is 15.2 Å². The molecular formula is C32H39ClN2O3. The fourth-order valence-electron chi connectivity index (χ4n) is 4.43. The van der Waals surface area contributed by atoms with Crippen LogP contribution in [0.4, 0.5) is 5.69 Å². The van der Waals surface area contributed by atoms with Crippen LogP contribution in [0, 0.1) is 5.41 Å². The van der Waals surface area contributed by atoms with Gasteiger partial charge in [0.15, 0.2) is 0 Å². The zero-order valence-electron chi connectivity index (χ0n) is 22.5. The van der Waals surface area contributed by atoms with Crippen molar-refractivity contribution in [1.29, 1.82) is 0 Å². The highest BCUT2D eigenvalue weighted by atomic mass is 35.5. The number of aryl methyl sites for hydroxylation is 1. The van der Waals surface area contributed by atoms with E-state index < -0.39 is 11.4 Å². The summed E-state index contributed by atoms with van der Waals surface area (Å²) in [6.07, 6.45) is 8.99. The summed E-state index contributed by atoms with van der Waals surface area (Å²) in [5, 5.41) is 13.8. The normalized spacial score (nSPS) is 11.7. The molecule has 0 amide bonds. The van der Waals surface area contributed by atoms with Gasteiger partial charge in [0, 0.05) is 23.9 Å². The molecule has 3 rings (SSSR count).